The lowest BCUT2D eigenvalue weighted by Crippen LogP contribution is -2.58. The second-order valence-electron chi connectivity index (χ2n) is 5.80. The average Bonchev–Trinajstić information content (AvgIpc) is 3.08. The van der Waals surface area contributed by atoms with E-state index < -0.39 is 42.0 Å². The van der Waals surface area contributed by atoms with E-state index in [-0.39, 0.29) is 12.8 Å². The van der Waals surface area contributed by atoms with Gasteiger partial charge >= 0.3 is 5.97 Å². The fourth-order valence-electron chi connectivity index (χ4n) is 2.15. The largest absolute Gasteiger partial charge is 0.480 e. The number of carbonyl (C=O) groups is 3. The first kappa shape index (κ1) is 21.9. The maximum Gasteiger partial charge on any atom is 0.326 e. The van der Waals surface area contributed by atoms with Crippen LogP contribution in [0.15, 0.2) is 12.5 Å². The third-order valence-corrected chi connectivity index (χ3v) is 4.26. The molecule has 0 aliphatic carbocycles. The van der Waals surface area contributed by atoms with Crippen molar-refractivity contribution in [2.24, 2.45) is 5.73 Å². The van der Waals surface area contributed by atoms with Gasteiger partial charge in [-0.2, -0.15) is 11.8 Å². The highest BCUT2D eigenvalue weighted by Crippen LogP contribution is 2.04. The average molecular weight is 387 g/mol. The Hall–Kier alpha value is -2.11. The third-order valence-electron chi connectivity index (χ3n) is 3.62. The number of H-pyrrole nitrogens is 1. The number of carboxylic acid groups (broad SMARTS) is 1. The quantitative estimate of drug-likeness (QED) is 0.265. The smallest absolute Gasteiger partial charge is 0.326 e. The van der Waals surface area contributed by atoms with Crippen molar-refractivity contribution in [1.29, 1.82) is 0 Å². The van der Waals surface area contributed by atoms with Gasteiger partial charge in [0.2, 0.25) is 11.8 Å². The molecule has 4 atom stereocenters. The molecule has 0 radical (unpaired) electrons. The van der Waals surface area contributed by atoms with Crippen LogP contribution in [-0.4, -0.2) is 74.2 Å². The number of hydrogen-bond donors (Lipinski definition) is 6. The van der Waals surface area contributed by atoms with E-state index in [0.29, 0.717) is 11.4 Å². The molecule has 146 valence electrons. The van der Waals surface area contributed by atoms with Crippen LogP contribution in [-0.2, 0) is 20.8 Å². The van der Waals surface area contributed by atoms with Gasteiger partial charge < -0.3 is 31.6 Å². The number of carbonyl (C=O) groups excluding carboxylic acids is 2. The molecule has 0 aromatic carbocycles. The highest BCUT2D eigenvalue weighted by molar-refractivity contribution is 7.98. The van der Waals surface area contributed by atoms with E-state index in [4.69, 9.17) is 5.73 Å². The molecule has 0 aliphatic rings. The Morgan fingerprint density at radius 3 is 2.54 bits per heavy atom. The van der Waals surface area contributed by atoms with Gasteiger partial charge in [0.05, 0.1) is 18.5 Å². The summed E-state index contributed by atoms with van der Waals surface area (Å²) in [6.45, 7) is 1.32. The van der Waals surface area contributed by atoms with Crippen LogP contribution >= 0.6 is 11.8 Å². The summed E-state index contributed by atoms with van der Waals surface area (Å²) in [5, 5.41) is 23.7. The van der Waals surface area contributed by atoms with E-state index in [2.05, 4.69) is 20.6 Å². The summed E-state index contributed by atoms with van der Waals surface area (Å²) in [5.74, 6) is -2.07. The zero-order valence-corrected chi connectivity index (χ0v) is 15.5. The number of aliphatic carboxylic acids is 1. The van der Waals surface area contributed by atoms with Gasteiger partial charge in [-0.25, -0.2) is 9.78 Å². The minimum atomic E-state index is -1.31. The number of rotatable bonds is 11. The second-order valence-corrected chi connectivity index (χ2v) is 6.78. The Balaban J connectivity index is 2.69. The van der Waals surface area contributed by atoms with E-state index in [1.54, 1.807) is 0 Å². The molecule has 11 heteroatoms. The molecule has 0 bridgehead atoms. The van der Waals surface area contributed by atoms with Crippen molar-refractivity contribution in [3.8, 4) is 0 Å². The Kier molecular flexibility index (Phi) is 9.10. The van der Waals surface area contributed by atoms with Crippen LogP contribution in [0, 0.1) is 0 Å². The summed E-state index contributed by atoms with van der Waals surface area (Å²) in [4.78, 5) is 42.4. The molecule has 0 unspecified atom stereocenters. The molecule has 2 amide bonds. The summed E-state index contributed by atoms with van der Waals surface area (Å²) < 4.78 is 0. The molecule has 26 heavy (non-hydrogen) atoms. The van der Waals surface area contributed by atoms with Gasteiger partial charge in [0.25, 0.3) is 0 Å². The Labute approximate surface area is 155 Å². The van der Waals surface area contributed by atoms with Gasteiger partial charge in [0.1, 0.15) is 12.1 Å². The molecule has 0 fully saturated rings. The first-order chi connectivity index (χ1) is 12.3. The van der Waals surface area contributed by atoms with Crippen LogP contribution in [0.4, 0.5) is 0 Å². The third kappa shape index (κ3) is 7.02. The monoisotopic (exact) mass is 387 g/mol. The Morgan fingerprint density at radius 1 is 1.35 bits per heavy atom. The van der Waals surface area contributed by atoms with Crippen LogP contribution in [0.5, 0.6) is 0 Å². The number of imidazole rings is 1. The molecule has 0 saturated carbocycles. The van der Waals surface area contributed by atoms with Crippen LogP contribution in [0.3, 0.4) is 0 Å². The van der Waals surface area contributed by atoms with Gasteiger partial charge in [-0.1, -0.05) is 0 Å². The van der Waals surface area contributed by atoms with Gasteiger partial charge in [-0.15, -0.1) is 0 Å². The summed E-state index contributed by atoms with van der Waals surface area (Å²) in [6, 6.07) is -3.38. The number of nitrogens with one attached hydrogen (secondary N) is 3. The van der Waals surface area contributed by atoms with Crippen LogP contribution in [0.25, 0.3) is 0 Å². The first-order valence-corrected chi connectivity index (χ1v) is 9.39. The maximum atomic E-state index is 12.3. The molecule has 10 nitrogen and oxygen atoms in total. The van der Waals surface area contributed by atoms with E-state index >= 15 is 0 Å². The van der Waals surface area contributed by atoms with Crippen molar-refractivity contribution in [3.05, 3.63) is 18.2 Å². The van der Waals surface area contributed by atoms with E-state index in [0.717, 1.165) is 0 Å². The molecule has 7 N–H and O–H groups in total. The summed E-state index contributed by atoms with van der Waals surface area (Å²) >= 11 is 1.45. The number of aliphatic hydroxyl groups is 1. The number of nitrogens with two attached hydrogens (primary N) is 1. The lowest BCUT2D eigenvalue weighted by molar-refractivity contribution is -0.143. The molecular formula is C15H25N5O5S. The fourth-order valence-corrected chi connectivity index (χ4v) is 2.62. The van der Waals surface area contributed by atoms with E-state index in [9.17, 15) is 24.6 Å². The summed E-state index contributed by atoms with van der Waals surface area (Å²) in [6.07, 6.45) is 3.96. The first-order valence-electron chi connectivity index (χ1n) is 7.99. The van der Waals surface area contributed by atoms with Crippen molar-refractivity contribution >= 4 is 29.5 Å². The fraction of sp³-hybridized carbons (Fsp3) is 0.600. The Morgan fingerprint density at radius 2 is 2.04 bits per heavy atom. The van der Waals surface area contributed by atoms with Gasteiger partial charge in [-0.3, -0.25) is 9.59 Å². The molecular weight excluding hydrogens is 362 g/mol. The Bertz CT molecular complexity index is 595. The number of aromatic amines is 1. The summed E-state index contributed by atoms with van der Waals surface area (Å²) in [5.41, 5.74) is 6.45. The zero-order valence-electron chi connectivity index (χ0n) is 14.6. The molecule has 1 heterocycles. The number of nitrogens with zero attached hydrogens (tertiary/aromatic N) is 1. The van der Waals surface area contributed by atoms with E-state index in [1.807, 2.05) is 6.26 Å². The predicted molar refractivity (Wildman–Crippen MR) is 96.4 cm³/mol. The molecule has 0 saturated heterocycles. The number of aliphatic hydroxyl groups excluding tert-OH is 1. The molecule has 1 aromatic rings. The van der Waals surface area contributed by atoms with E-state index in [1.165, 1.54) is 31.2 Å². The zero-order chi connectivity index (χ0) is 19.7. The standard InChI is InChI=1S/C15H25N5O5S/c1-8(21)12(14(23)19-11(15(24)25)3-4-26-2)20-13(22)10(16)5-9-6-17-7-18-9/h6-8,10-12,21H,3-5,16H2,1-2H3,(H,17,18)(H,19,23)(H,20,22)(H,24,25)/t8-,10+,11+,12+/m1/s1. The lowest BCUT2D eigenvalue weighted by Gasteiger charge is -2.24. The minimum absolute atomic E-state index is 0.172. The molecule has 0 aliphatic heterocycles. The maximum absolute atomic E-state index is 12.3. The van der Waals surface area contributed by atoms with Crippen molar-refractivity contribution in [1.82, 2.24) is 20.6 Å². The lowest BCUT2D eigenvalue weighted by atomic mass is 10.1. The van der Waals surface area contributed by atoms with Crippen LogP contribution in [0.2, 0.25) is 0 Å². The van der Waals surface area contributed by atoms with Gasteiger partial charge in [0.15, 0.2) is 0 Å². The van der Waals surface area contributed by atoms with Crippen molar-refractivity contribution in [2.45, 2.75) is 44.0 Å². The highest BCUT2D eigenvalue weighted by atomic mass is 32.2. The van der Waals surface area contributed by atoms with Crippen molar-refractivity contribution in [2.75, 3.05) is 12.0 Å². The van der Waals surface area contributed by atoms with Gasteiger partial charge in [-0.05, 0) is 25.4 Å². The number of hydrogen-bond acceptors (Lipinski definition) is 7. The summed E-state index contributed by atoms with van der Waals surface area (Å²) in [7, 11) is 0. The molecule has 1 aromatic heterocycles. The normalized spacial score (nSPS) is 15.5. The molecule has 0 spiro atoms. The van der Waals surface area contributed by atoms with Crippen LogP contribution < -0.4 is 16.4 Å². The topological polar surface area (TPSA) is 170 Å². The predicted octanol–water partition coefficient (Wildman–Crippen LogP) is -1.53. The minimum Gasteiger partial charge on any atom is -0.480 e. The second kappa shape index (κ2) is 10.8. The van der Waals surface area contributed by atoms with Crippen molar-refractivity contribution < 1.29 is 24.6 Å². The highest BCUT2D eigenvalue weighted by Gasteiger charge is 2.30. The number of carboxylic acids is 1. The molecule has 1 rings (SSSR count). The van der Waals surface area contributed by atoms with Crippen molar-refractivity contribution in [3.63, 3.8) is 0 Å². The van der Waals surface area contributed by atoms with Gasteiger partial charge in [0, 0.05) is 18.3 Å². The van der Waals surface area contributed by atoms with Crippen LogP contribution in [0.1, 0.15) is 19.0 Å². The number of thioether (sulfide) groups is 1. The number of amides is 2. The number of aromatic nitrogens is 2. The SMILES string of the molecule is CSCC[C@H](NC(=O)[C@@H](NC(=O)[C@@H](N)Cc1cnc[nH]1)[C@@H](C)O)C(=O)O.